The predicted molar refractivity (Wildman–Crippen MR) is 125 cm³/mol. The molecule has 212 valence electrons. The zero-order valence-electron chi connectivity index (χ0n) is 20.0. The summed E-state index contributed by atoms with van der Waals surface area (Å²) in [5, 5.41) is 0.304. The van der Waals surface area contributed by atoms with Crippen LogP contribution >= 0.6 is 11.6 Å². The second kappa shape index (κ2) is 9.60. The van der Waals surface area contributed by atoms with Crippen LogP contribution < -0.4 is 0 Å². The van der Waals surface area contributed by atoms with Crippen molar-refractivity contribution in [1.82, 2.24) is 4.90 Å². The zero-order valence-corrected chi connectivity index (χ0v) is 20.7. The monoisotopic (exact) mass is 593 g/mol. The summed E-state index contributed by atoms with van der Waals surface area (Å²) in [7, 11) is 0. The normalized spacial score (nSPS) is 21.5. The summed E-state index contributed by atoms with van der Waals surface area (Å²) in [6.45, 7) is 0. The molecule has 0 aromatic heterocycles. The first-order valence-electron chi connectivity index (χ1n) is 11.8. The Morgan fingerprint density at radius 2 is 1.38 bits per heavy atom. The molecule has 3 aromatic carbocycles. The summed E-state index contributed by atoms with van der Waals surface area (Å²) in [5.74, 6) is 0. The highest BCUT2D eigenvalue weighted by molar-refractivity contribution is 6.30. The lowest BCUT2D eigenvalue weighted by Crippen LogP contribution is -2.31. The molecule has 3 atom stereocenters. The van der Waals surface area contributed by atoms with Crippen LogP contribution in [0.5, 0.6) is 0 Å². The molecule has 40 heavy (non-hydrogen) atoms. The molecule has 13 heteroatoms. The lowest BCUT2D eigenvalue weighted by Gasteiger charge is -2.26. The van der Waals surface area contributed by atoms with Gasteiger partial charge < -0.3 is 4.74 Å². The Bertz CT molecular complexity index is 1430. The summed E-state index contributed by atoms with van der Waals surface area (Å²) in [6.07, 6.45) is -17.3. The number of nitrogens with zero attached hydrogens (tertiary/aromatic N) is 1. The maximum absolute atomic E-state index is 13.6. The topological polar surface area (TPSA) is 29.5 Å². The third kappa shape index (κ3) is 5.21. The molecule has 2 aliphatic rings. The van der Waals surface area contributed by atoms with Crippen molar-refractivity contribution in [3.05, 3.63) is 93.5 Å². The zero-order chi connectivity index (χ0) is 29.2. The van der Waals surface area contributed by atoms with Crippen molar-refractivity contribution in [2.75, 3.05) is 0 Å². The van der Waals surface area contributed by atoms with Gasteiger partial charge in [0.2, 0.25) is 0 Å². The van der Waals surface area contributed by atoms with Crippen molar-refractivity contribution in [2.45, 2.75) is 49.6 Å². The van der Waals surface area contributed by atoms with E-state index in [0.717, 1.165) is 17.0 Å². The van der Waals surface area contributed by atoms with Gasteiger partial charge in [-0.2, -0.15) is 39.5 Å². The van der Waals surface area contributed by atoms with Crippen molar-refractivity contribution in [3.8, 4) is 11.1 Å². The van der Waals surface area contributed by atoms with Crippen LogP contribution in [0.3, 0.4) is 0 Å². The smallest absolute Gasteiger partial charge is 0.416 e. The molecule has 2 fully saturated rings. The fourth-order valence-electron chi connectivity index (χ4n) is 5.32. The first-order valence-corrected chi connectivity index (χ1v) is 12.2. The highest BCUT2D eigenvalue weighted by atomic mass is 35.5. The van der Waals surface area contributed by atoms with E-state index in [1.807, 2.05) is 0 Å². The van der Waals surface area contributed by atoms with Crippen LogP contribution in [0.25, 0.3) is 11.1 Å². The van der Waals surface area contributed by atoms with Crippen LogP contribution in [0.2, 0.25) is 5.02 Å². The van der Waals surface area contributed by atoms with Gasteiger partial charge >= 0.3 is 24.6 Å². The molecular formula is C27H17ClF9NO2. The third-order valence-electron chi connectivity index (χ3n) is 7.03. The molecule has 1 amide bonds. The number of ether oxygens (including phenoxy) is 1. The lowest BCUT2D eigenvalue weighted by atomic mass is 9.91. The van der Waals surface area contributed by atoms with Crippen molar-refractivity contribution in [3.63, 3.8) is 0 Å². The molecule has 3 aromatic rings. The van der Waals surface area contributed by atoms with Gasteiger partial charge in [-0.1, -0.05) is 29.8 Å². The molecule has 2 saturated heterocycles. The number of hydrogen-bond acceptors (Lipinski definition) is 2. The van der Waals surface area contributed by atoms with Crippen LogP contribution in [0, 0.1) is 0 Å². The number of rotatable bonds is 3. The molecule has 2 aliphatic heterocycles. The van der Waals surface area contributed by atoms with E-state index in [0.29, 0.717) is 28.3 Å². The van der Waals surface area contributed by atoms with E-state index in [1.165, 1.54) is 12.1 Å². The first-order chi connectivity index (χ1) is 18.5. The lowest BCUT2D eigenvalue weighted by molar-refractivity contribution is -0.143. The minimum Gasteiger partial charge on any atom is -0.439 e. The quantitative estimate of drug-likeness (QED) is 0.283. The second-order valence-electron chi connectivity index (χ2n) is 9.52. The van der Waals surface area contributed by atoms with E-state index in [9.17, 15) is 44.3 Å². The van der Waals surface area contributed by atoms with Gasteiger partial charge in [-0.05, 0) is 77.6 Å². The molecule has 0 radical (unpaired) electrons. The highest BCUT2D eigenvalue weighted by Gasteiger charge is 2.52. The minimum atomic E-state index is -5.11. The summed E-state index contributed by atoms with van der Waals surface area (Å²) in [5.41, 5.74) is -3.76. The number of halogens is 10. The molecule has 0 aliphatic carbocycles. The van der Waals surface area contributed by atoms with Crippen molar-refractivity contribution in [1.29, 1.82) is 0 Å². The van der Waals surface area contributed by atoms with Gasteiger partial charge in [0.15, 0.2) is 0 Å². The van der Waals surface area contributed by atoms with Crippen molar-refractivity contribution < 1.29 is 49.0 Å². The molecular weight excluding hydrogens is 577 g/mol. The van der Waals surface area contributed by atoms with E-state index in [4.69, 9.17) is 16.3 Å². The largest absolute Gasteiger partial charge is 0.439 e. The SMILES string of the molecule is O=C1O[C@H](c2cc(C(F)(F)F)cc(C(F)(F)F)c2)[C@@H]2CC[C@@H](c3cc(C(F)(F)F)ccc3-c3cccc(Cl)c3)N12. The Morgan fingerprint density at radius 1 is 0.750 bits per heavy atom. The van der Waals surface area contributed by atoms with Gasteiger partial charge in [0, 0.05) is 5.02 Å². The van der Waals surface area contributed by atoms with Crippen molar-refractivity contribution >= 4 is 17.7 Å². The number of amides is 1. The molecule has 3 nitrogen and oxygen atoms in total. The average Bonchev–Trinajstić information content (AvgIpc) is 3.43. The van der Waals surface area contributed by atoms with E-state index >= 15 is 0 Å². The van der Waals surface area contributed by atoms with E-state index in [-0.39, 0.29) is 24.5 Å². The second-order valence-corrected chi connectivity index (χ2v) is 9.96. The Hall–Kier alpha value is -3.41. The molecule has 0 bridgehead atoms. The van der Waals surface area contributed by atoms with Gasteiger partial charge in [-0.15, -0.1) is 0 Å². The molecule has 2 heterocycles. The fraction of sp³-hybridized carbons (Fsp3) is 0.296. The number of fused-ring (bicyclic) bond motifs is 1. The maximum atomic E-state index is 13.6. The Morgan fingerprint density at radius 3 is 1.95 bits per heavy atom. The third-order valence-corrected chi connectivity index (χ3v) is 7.26. The number of hydrogen-bond donors (Lipinski definition) is 0. The minimum absolute atomic E-state index is 0.0323. The molecule has 0 unspecified atom stereocenters. The number of cyclic esters (lactones) is 1. The van der Waals surface area contributed by atoms with Crippen LogP contribution in [0.15, 0.2) is 60.7 Å². The average molecular weight is 594 g/mol. The first kappa shape index (κ1) is 28.1. The Balaban J connectivity index is 1.58. The summed E-state index contributed by atoms with van der Waals surface area (Å²) >= 11 is 6.07. The number of alkyl halides is 9. The van der Waals surface area contributed by atoms with Gasteiger partial charge in [-0.3, -0.25) is 4.90 Å². The van der Waals surface area contributed by atoms with Crippen LogP contribution in [0.4, 0.5) is 44.3 Å². The van der Waals surface area contributed by atoms with Crippen LogP contribution in [0.1, 0.15) is 52.8 Å². The van der Waals surface area contributed by atoms with E-state index in [1.54, 1.807) is 18.2 Å². The number of carbonyl (C=O) groups is 1. The highest BCUT2D eigenvalue weighted by Crippen LogP contribution is 2.51. The molecule has 0 saturated carbocycles. The molecule has 5 rings (SSSR count). The molecule has 0 N–H and O–H groups in total. The van der Waals surface area contributed by atoms with Gasteiger partial charge in [0.05, 0.1) is 28.8 Å². The predicted octanol–water partition coefficient (Wildman–Crippen LogP) is 9.46. The van der Waals surface area contributed by atoms with Gasteiger partial charge in [0.1, 0.15) is 6.10 Å². The fourth-order valence-corrected chi connectivity index (χ4v) is 5.51. The molecule has 0 spiro atoms. The summed E-state index contributed by atoms with van der Waals surface area (Å²) in [6, 6.07) is 8.22. The number of carbonyl (C=O) groups excluding carboxylic acids is 1. The van der Waals surface area contributed by atoms with E-state index < -0.39 is 65.1 Å². The summed E-state index contributed by atoms with van der Waals surface area (Å²) < 4.78 is 127. The van der Waals surface area contributed by atoms with Crippen molar-refractivity contribution in [2.24, 2.45) is 0 Å². The maximum Gasteiger partial charge on any atom is 0.416 e. The van der Waals surface area contributed by atoms with Crippen LogP contribution in [-0.4, -0.2) is 17.0 Å². The van der Waals surface area contributed by atoms with Crippen LogP contribution in [-0.2, 0) is 23.3 Å². The number of benzene rings is 3. The summed E-state index contributed by atoms with van der Waals surface area (Å²) in [4.78, 5) is 14.1. The van der Waals surface area contributed by atoms with Gasteiger partial charge in [-0.25, -0.2) is 4.79 Å². The standard InChI is InChI=1S/C27H17ClF9NO2/c28-18-3-1-2-13(10-18)19-5-4-15(25(29,30)31)12-20(19)21-6-7-22-23(40-24(39)38(21)22)14-8-16(26(32,33)34)11-17(9-14)27(35,36)37/h1-5,8-12,21-23H,6-7H2/t21-,22-,23+/m0/s1. The Labute approximate surface area is 226 Å². The van der Waals surface area contributed by atoms with Gasteiger partial charge in [0.25, 0.3) is 0 Å². The van der Waals surface area contributed by atoms with E-state index in [2.05, 4.69) is 0 Å². The Kier molecular flexibility index (Phi) is 6.75.